The second-order valence-corrected chi connectivity index (χ2v) is 1.59. The van der Waals surface area contributed by atoms with Crippen LogP contribution in [0.3, 0.4) is 0 Å². The molecule has 0 unspecified atom stereocenters. The molecule has 0 radical (unpaired) electrons. The van der Waals surface area contributed by atoms with Crippen LogP contribution in [-0.4, -0.2) is 11.1 Å². The molecule has 46 valence electrons. The number of carboxylic acid groups (broad SMARTS) is 1. The van der Waals surface area contributed by atoms with Gasteiger partial charge >= 0.3 is 64.2 Å². The van der Waals surface area contributed by atoms with Crippen molar-refractivity contribution < 1.29 is 68.1 Å². The Bertz CT molecular complexity index is 208. The van der Waals surface area contributed by atoms with Gasteiger partial charge in [-0.1, -0.05) is 0 Å². The quantitative estimate of drug-likeness (QED) is 0.550. The van der Waals surface area contributed by atoms with Gasteiger partial charge in [0, 0.05) is 0 Å². The first-order valence-electron chi connectivity index (χ1n) is 2.50. The van der Waals surface area contributed by atoms with E-state index in [0.717, 1.165) is 0 Å². The van der Waals surface area contributed by atoms with Gasteiger partial charge in [0.2, 0.25) is 0 Å². The standard InChI is InChI=1S/C7H5O2.Rb/c8-7(9)6-4-2-1-3-5-6;/h2-5H,(H,8,9);/q-1;+1. The van der Waals surface area contributed by atoms with Crippen LogP contribution in [0.25, 0.3) is 0 Å². The molecule has 0 aromatic heterocycles. The Morgan fingerprint density at radius 3 is 2.20 bits per heavy atom. The molecule has 0 amide bonds. The van der Waals surface area contributed by atoms with Crippen molar-refractivity contribution in [2.45, 2.75) is 0 Å². The van der Waals surface area contributed by atoms with Gasteiger partial charge in [0.25, 0.3) is 0 Å². The SMILES string of the molecule is O=C(O)c1cc[c-]cc1.[Rb+]. The third kappa shape index (κ3) is 3.06. The summed E-state index contributed by atoms with van der Waals surface area (Å²) in [5, 5.41) is 8.37. The molecule has 1 aromatic carbocycles. The summed E-state index contributed by atoms with van der Waals surface area (Å²) >= 11 is 0. The van der Waals surface area contributed by atoms with Gasteiger partial charge in [-0.2, -0.15) is 30.3 Å². The molecule has 1 N–H and O–H groups in total. The van der Waals surface area contributed by atoms with E-state index in [0.29, 0.717) is 5.56 Å². The molecular weight excluding hydrogens is 202 g/mol. The van der Waals surface area contributed by atoms with E-state index in [1.807, 2.05) is 0 Å². The zero-order valence-corrected chi connectivity index (χ0v) is 10.6. The summed E-state index contributed by atoms with van der Waals surface area (Å²) in [6, 6.07) is 8.87. The van der Waals surface area contributed by atoms with Gasteiger partial charge in [-0.3, -0.25) is 0 Å². The first-order chi connectivity index (χ1) is 4.30. The molecule has 0 saturated heterocycles. The molecular formula is C7H5O2Rb. The summed E-state index contributed by atoms with van der Waals surface area (Å²) < 4.78 is 0. The predicted molar refractivity (Wildman–Crippen MR) is 32.2 cm³/mol. The van der Waals surface area contributed by atoms with Crippen LogP contribution in [0, 0.1) is 6.07 Å². The Labute approximate surface area is 108 Å². The van der Waals surface area contributed by atoms with Crippen molar-refractivity contribution in [3.63, 3.8) is 0 Å². The molecule has 0 aliphatic rings. The predicted octanol–water partition coefficient (Wildman–Crippen LogP) is -1.81. The van der Waals surface area contributed by atoms with Gasteiger partial charge in [0.15, 0.2) is 0 Å². The Kier molecular flexibility index (Phi) is 5.44. The Morgan fingerprint density at radius 2 is 1.90 bits per heavy atom. The molecule has 0 atom stereocenters. The van der Waals surface area contributed by atoms with Crippen LogP contribution in [-0.2, 0) is 0 Å². The molecule has 0 aliphatic carbocycles. The Balaban J connectivity index is 0.000000810. The van der Waals surface area contributed by atoms with Crippen molar-refractivity contribution in [2.24, 2.45) is 0 Å². The normalized spacial score (nSPS) is 8.00. The molecule has 1 rings (SSSR count). The van der Waals surface area contributed by atoms with Crippen molar-refractivity contribution in [3.05, 3.63) is 35.9 Å². The summed E-state index contributed by atoms with van der Waals surface area (Å²) in [7, 11) is 0. The van der Waals surface area contributed by atoms with Gasteiger partial charge in [-0.05, 0) is 5.56 Å². The molecule has 10 heavy (non-hydrogen) atoms. The Hall–Kier alpha value is 0.495. The molecule has 0 bridgehead atoms. The number of carbonyl (C=O) groups is 1. The number of hydrogen-bond donors (Lipinski definition) is 1. The first kappa shape index (κ1) is 10.5. The van der Waals surface area contributed by atoms with Crippen LogP contribution in [0.4, 0.5) is 0 Å². The summed E-state index contributed by atoms with van der Waals surface area (Å²) in [5.41, 5.74) is 0.300. The maximum atomic E-state index is 10.2. The summed E-state index contributed by atoms with van der Waals surface area (Å²) in [5.74, 6) is -0.899. The molecule has 0 heterocycles. The second-order valence-electron chi connectivity index (χ2n) is 1.59. The minimum Gasteiger partial charge on any atom is -0.479 e. The average Bonchev–Trinajstić information content (AvgIpc) is 1.90. The maximum absolute atomic E-state index is 10.2. The number of benzene rings is 1. The van der Waals surface area contributed by atoms with E-state index in [4.69, 9.17) is 5.11 Å². The van der Waals surface area contributed by atoms with E-state index < -0.39 is 5.97 Å². The van der Waals surface area contributed by atoms with Crippen LogP contribution in [0.15, 0.2) is 24.3 Å². The van der Waals surface area contributed by atoms with E-state index in [1.54, 1.807) is 12.1 Å². The molecule has 1 aromatic rings. The van der Waals surface area contributed by atoms with Crippen molar-refractivity contribution >= 4 is 5.97 Å². The fourth-order valence-corrected chi connectivity index (χ4v) is 0.529. The number of rotatable bonds is 1. The minimum atomic E-state index is -0.899. The summed E-state index contributed by atoms with van der Waals surface area (Å²) in [6.45, 7) is 0. The van der Waals surface area contributed by atoms with E-state index in [-0.39, 0.29) is 58.2 Å². The molecule has 0 spiro atoms. The fraction of sp³-hybridized carbons (Fsp3) is 0. The van der Waals surface area contributed by atoms with Gasteiger partial charge in [-0.15, -0.1) is 0 Å². The zero-order valence-electron chi connectivity index (χ0n) is 5.66. The Morgan fingerprint density at radius 1 is 1.40 bits per heavy atom. The van der Waals surface area contributed by atoms with Crippen LogP contribution in [0.5, 0.6) is 0 Å². The van der Waals surface area contributed by atoms with Crippen molar-refractivity contribution in [2.75, 3.05) is 0 Å². The third-order valence-electron chi connectivity index (χ3n) is 0.965. The van der Waals surface area contributed by atoms with E-state index in [1.165, 1.54) is 12.1 Å². The van der Waals surface area contributed by atoms with Crippen molar-refractivity contribution in [1.82, 2.24) is 0 Å². The van der Waals surface area contributed by atoms with Gasteiger partial charge < -0.3 is 5.11 Å². The van der Waals surface area contributed by atoms with Gasteiger partial charge in [0.05, 0.1) is 0 Å². The van der Waals surface area contributed by atoms with Crippen LogP contribution < -0.4 is 58.2 Å². The largest absolute Gasteiger partial charge is 1.00 e. The van der Waals surface area contributed by atoms with E-state index >= 15 is 0 Å². The maximum Gasteiger partial charge on any atom is 1.00 e. The summed E-state index contributed by atoms with van der Waals surface area (Å²) in [4.78, 5) is 10.2. The van der Waals surface area contributed by atoms with E-state index in [9.17, 15) is 4.79 Å². The third-order valence-corrected chi connectivity index (χ3v) is 0.965. The molecule has 3 heteroatoms. The van der Waals surface area contributed by atoms with Crippen LogP contribution in [0.2, 0.25) is 0 Å². The smallest absolute Gasteiger partial charge is 0.479 e. The second kappa shape index (κ2) is 5.19. The van der Waals surface area contributed by atoms with Gasteiger partial charge in [-0.25, -0.2) is 4.79 Å². The van der Waals surface area contributed by atoms with Crippen molar-refractivity contribution in [1.29, 1.82) is 0 Å². The van der Waals surface area contributed by atoms with Crippen molar-refractivity contribution in [3.8, 4) is 0 Å². The topological polar surface area (TPSA) is 37.3 Å². The average molecular weight is 207 g/mol. The molecule has 2 nitrogen and oxygen atoms in total. The number of aromatic carboxylic acids is 1. The number of hydrogen-bond acceptors (Lipinski definition) is 1. The minimum absolute atomic E-state index is 0. The first-order valence-corrected chi connectivity index (χ1v) is 2.50. The van der Waals surface area contributed by atoms with Crippen LogP contribution in [0.1, 0.15) is 10.4 Å². The zero-order chi connectivity index (χ0) is 6.69. The molecule has 0 fully saturated rings. The van der Waals surface area contributed by atoms with E-state index in [2.05, 4.69) is 6.07 Å². The summed E-state index contributed by atoms with van der Waals surface area (Å²) in [6.07, 6.45) is 0. The fourth-order valence-electron chi connectivity index (χ4n) is 0.529. The number of carboxylic acids is 1. The molecule has 0 aliphatic heterocycles. The molecule has 0 saturated carbocycles. The van der Waals surface area contributed by atoms with Crippen LogP contribution >= 0.6 is 0 Å². The van der Waals surface area contributed by atoms with Gasteiger partial charge in [0.1, 0.15) is 0 Å². The monoisotopic (exact) mass is 206 g/mol.